The largest absolute Gasteiger partial charge is 0.457 e. The minimum atomic E-state index is -0.548. The molecule has 0 saturated carbocycles. The minimum Gasteiger partial charge on any atom is -0.457 e. The van der Waals surface area contributed by atoms with Gasteiger partial charge in [-0.1, -0.05) is 209 Å². The number of carbonyl (C=O) groups excluding carboxylic acids is 1. The fourth-order valence-corrected chi connectivity index (χ4v) is 6.30. The molecule has 52 heavy (non-hydrogen) atoms. The Morgan fingerprint density at radius 1 is 0.481 bits per heavy atom. The summed E-state index contributed by atoms with van der Waals surface area (Å²) >= 11 is 0. The molecule has 0 saturated heterocycles. The topological polar surface area (TPSA) is 55.8 Å². The second-order valence-electron chi connectivity index (χ2n) is 14.7. The third kappa shape index (κ3) is 42.5. The first-order chi connectivity index (χ1) is 25.7. The van der Waals surface area contributed by atoms with Crippen molar-refractivity contribution in [2.45, 2.75) is 219 Å². The standard InChI is InChI=1S/C48H86O4/c1-3-5-7-9-11-13-15-17-19-21-23-25-27-29-31-33-35-37-39-41-43-48(50)52-47(45-49)46-51-44-42-40-38-36-34-32-30-28-26-24-22-20-18-16-14-12-10-8-6-4-2/h6,8,12,14,18,20,24,26,30,32,47,49H,3-5,7,9-11,13,15-17,19,21-23,25,27-29,31,33-46H2,1-2H3/b8-6-,14-12-,20-18-,26-24-,32-30-. The molecule has 0 heterocycles. The van der Waals surface area contributed by atoms with Gasteiger partial charge in [-0.25, -0.2) is 0 Å². The zero-order valence-electron chi connectivity index (χ0n) is 34.6. The normalized spacial score (nSPS) is 12.9. The average molecular weight is 727 g/mol. The summed E-state index contributed by atoms with van der Waals surface area (Å²) in [6, 6.07) is 0. The van der Waals surface area contributed by atoms with E-state index in [1.807, 2.05) is 0 Å². The SMILES string of the molecule is CC/C=C\C/C=C\C/C=C\C/C=C\C/C=C\CCCCCCOCC(CO)OC(=O)CCCCCCCCCCCCCCCCCCCCCC. The maximum absolute atomic E-state index is 12.2. The van der Waals surface area contributed by atoms with Crippen LogP contribution < -0.4 is 0 Å². The predicted octanol–water partition coefficient (Wildman–Crippen LogP) is 14.8. The van der Waals surface area contributed by atoms with Gasteiger partial charge in [-0.2, -0.15) is 0 Å². The highest BCUT2D eigenvalue weighted by Crippen LogP contribution is 2.15. The van der Waals surface area contributed by atoms with Crippen molar-refractivity contribution in [1.29, 1.82) is 0 Å². The molecule has 0 amide bonds. The van der Waals surface area contributed by atoms with Crippen molar-refractivity contribution >= 4 is 5.97 Å². The zero-order valence-corrected chi connectivity index (χ0v) is 34.6. The summed E-state index contributed by atoms with van der Waals surface area (Å²) in [4.78, 5) is 12.2. The van der Waals surface area contributed by atoms with Crippen LogP contribution in [0.25, 0.3) is 0 Å². The Balaban J connectivity index is 3.47. The van der Waals surface area contributed by atoms with Gasteiger partial charge >= 0.3 is 5.97 Å². The maximum Gasteiger partial charge on any atom is 0.306 e. The lowest BCUT2D eigenvalue weighted by atomic mass is 10.0. The molecule has 0 aliphatic rings. The summed E-state index contributed by atoms with van der Waals surface area (Å²) in [6.07, 6.45) is 60.0. The van der Waals surface area contributed by atoms with Crippen LogP contribution in [0.3, 0.4) is 0 Å². The number of rotatable bonds is 41. The molecule has 0 aliphatic heterocycles. The van der Waals surface area contributed by atoms with E-state index in [9.17, 15) is 9.90 Å². The summed E-state index contributed by atoms with van der Waals surface area (Å²) in [7, 11) is 0. The Bertz CT molecular complexity index is 854. The molecule has 0 aromatic carbocycles. The van der Waals surface area contributed by atoms with Gasteiger partial charge < -0.3 is 14.6 Å². The lowest BCUT2D eigenvalue weighted by molar-refractivity contribution is -0.154. The third-order valence-corrected chi connectivity index (χ3v) is 9.61. The molecule has 302 valence electrons. The van der Waals surface area contributed by atoms with Crippen LogP contribution in [0.5, 0.6) is 0 Å². The Morgan fingerprint density at radius 3 is 1.31 bits per heavy atom. The second kappa shape index (κ2) is 45.2. The van der Waals surface area contributed by atoms with Crippen LogP contribution in [0, 0.1) is 0 Å². The predicted molar refractivity (Wildman–Crippen MR) is 228 cm³/mol. The van der Waals surface area contributed by atoms with Crippen LogP contribution in [0.1, 0.15) is 213 Å². The van der Waals surface area contributed by atoms with Gasteiger partial charge in [0, 0.05) is 13.0 Å². The maximum atomic E-state index is 12.2. The van der Waals surface area contributed by atoms with Gasteiger partial charge in [0.25, 0.3) is 0 Å². The quantitative estimate of drug-likeness (QED) is 0.0387. The number of aliphatic hydroxyl groups is 1. The molecule has 0 spiro atoms. The van der Waals surface area contributed by atoms with Crippen molar-refractivity contribution in [3.8, 4) is 0 Å². The zero-order chi connectivity index (χ0) is 37.7. The van der Waals surface area contributed by atoms with Crippen LogP contribution in [-0.4, -0.2) is 37.0 Å². The number of hydrogen-bond donors (Lipinski definition) is 1. The van der Waals surface area contributed by atoms with Gasteiger partial charge in [0.15, 0.2) is 0 Å². The summed E-state index contributed by atoms with van der Waals surface area (Å²) in [5.74, 6) is -0.208. The highest BCUT2D eigenvalue weighted by atomic mass is 16.6. The smallest absolute Gasteiger partial charge is 0.306 e. The molecule has 4 heteroatoms. The van der Waals surface area contributed by atoms with Gasteiger partial charge in [-0.05, 0) is 57.8 Å². The van der Waals surface area contributed by atoms with Crippen molar-refractivity contribution in [2.24, 2.45) is 0 Å². The van der Waals surface area contributed by atoms with E-state index in [1.165, 1.54) is 128 Å². The van der Waals surface area contributed by atoms with Gasteiger partial charge in [0.2, 0.25) is 0 Å². The second-order valence-corrected chi connectivity index (χ2v) is 14.7. The van der Waals surface area contributed by atoms with E-state index in [4.69, 9.17) is 9.47 Å². The molecule has 1 N–H and O–H groups in total. The van der Waals surface area contributed by atoms with Crippen molar-refractivity contribution < 1.29 is 19.4 Å². The van der Waals surface area contributed by atoms with Crippen LogP contribution in [-0.2, 0) is 14.3 Å². The van der Waals surface area contributed by atoms with Gasteiger partial charge in [0.1, 0.15) is 6.10 Å². The number of unbranched alkanes of at least 4 members (excludes halogenated alkanes) is 23. The van der Waals surface area contributed by atoms with Gasteiger partial charge in [-0.3, -0.25) is 4.79 Å². The van der Waals surface area contributed by atoms with Gasteiger partial charge in [-0.15, -0.1) is 0 Å². The van der Waals surface area contributed by atoms with Crippen LogP contribution in [0.4, 0.5) is 0 Å². The van der Waals surface area contributed by atoms with E-state index in [-0.39, 0.29) is 19.2 Å². The molecular weight excluding hydrogens is 641 g/mol. The number of esters is 1. The number of carbonyl (C=O) groups is 1. The number of hydrogen-bond acceptors (Lipinski definition) is 4. The Morgan fingerprint density at radius 2 is 0.865 bits per heavy atom. The first kappa shape index (κ1) is 50.1. The molecule has 0 fully saturated rings. The molecular formula is C48H86O4. The van der Waals surface area contributed by atoms with E-state index in [0.717, 1.165) is 64.2 Å². The van der Waals surface area contributed by atoms with Crippen molar-refractivity contribution in [2.75, 3.05) is 19.8 Å². The molecule has 1 unspecified atom stereocenters. The molecule has 1 atom stereocenters. The summed E-state index contributed by atoms with van der Waals surface area (Å²) in [6.45, 7) is 5.20. The molecule has 0 aliphatic carbocycles. The van der Waals surface area contributed by atoms with Crippen molar-refractivity contribution in [1.82, 2.24) is 0 Å². The van der Waals surface area contributed by atoms with E-state index in [1.54, 1.807) is 0 Å². The summed E-state index contributed by atoms with van der Waals surface area (Å²) in [5.41, 5.74) is 0. The van der Waals surface area contributed by atoms with E-state index < -0.39 is 6.10 Å². The molecule has 4 nitrogen and oxygen atoms in total. The number of ether oxygens (including phenoxy) is 2. The van der Waals surface area contributed by atoms with Crippen LogP contribution >= 0.6 is 0 Å². The molecule has 0 aromatic rings. The number of aliphatic hydroxyl groups excluding tert-OH is 1. The Hall–Kier alpha value is -1.91. The van der Waals surface area contributed by atoms with E-state index >= 15 is 0 Å². The summed E-state index contributed by atoms with van der Waals surface area (Å²) in [5, 5.41) is 9.61. The highest BCUT2D eigenvalue weighted by Gasteiger charge is 2.13. The third-order valence-electron chi connectivity index (χ3n) is 9.61. The fraction of sp³-hybridized carbons (Fsp3) is 0.771. The van der Waals surface area contributed by atoms with Crippen molar-refractivity contribution in [3.05, 3.63) is 60.8 Å². The van der Waals surface area contributed by atoms with Crippen molar-refractivity contribution in [3.63, 3.8) is 0 Å². The molecule has 0 aromatic heterocycles. The lowest BCUT2D eigenvalue weighted by Crippen LogP contribution is -2.27. The lowest BCUT2D eigenvalue weighted by Gasteiger charge is -2.15. The molecule has 0 radical (unpaired) electrons. The van der Waals surface area contributed by atoms with E-state index in [0.29, 0.717) is 13.0 Å². The van der Waals surface area contributed by atoms with E-state index in [2.05, 4.69) is 74.6 Å². The Labute approximate surface area is 324 Å². The van der Waals surface area contributed by atoms with Gasteiger partial charge in [0.05, 0.1) is 13.2 Å². The first-order valence-corrected chi connectivity index (χ1v) is 22.4. The highest BCUT2D eigenvalue weighted by molar-refractivity contribution is 5.69. The van der Waals surface area contributed by atoms with Crippen LogP contribution in [0.15, 0.2) is 60.8 Å². The number of allylic oxidation sites excluding steroid dienone is 10. The molecule has 0 bridgehead atoms. The van der Waals surface area contributed by atoms with Crippen LogP contribution in [0.2, 0.25) is 0 Å². The minimum absolute atomic E-state index is 0.182. The summed E-state index contributed by atoms with van der Waals surface area (Å²) < 4.78 is 11.2. The average Bonchev–Trinajstić information content (AvgIpc) is 3.15. The fourth-order valence-electron chi connectivity index (χ4n) is 6.30. The first-order valence-electron chi connectivity index (χ1n) is 22.4. The molecule has 0 rings (SSSR count). The monoisotopic (exact) mass is 727 g/mol. The Kier molecular flexibility index (Phi) is 43.6.